The molecule has 68 valence electrons. The molecule has 0 aliphatic rings. The average molecular weight is 196 g/mol. The van der Waals surface area contributed by atoms with Crippen molar-refractivity contribution < 1.29 is 0 Å². The minimum Gasteiger partial charge on any atom is -0.304 e. The fraction of sp³-hybridized carbons (Fsp3) is 0.333. The van der Waals surface area contributed by atoms with Crippen LogP contribution >= 0.6 is 11.6 Å². The molecule has 1 rings (SSSR count). The minimum atomic E-state index is 0.365. The van der Waals surface area contributed by atoms with Crippen LogP contribution in [0.5, 0.6) is 0 Å². The Bertz CT molecular complexity index is 341. The van der Waals surface area contributed by atoms with Gasteiger partial charge in [0.15, 0.2) is 0 Å². The van der Waals surface area contributed by atoms with Crippen LogP contribution in [0.3, 0.4) is 0 Å². The normalized spacial score (nSPS) is 10.1. The third-order valence-electron chi connectivity index (χ3n) is 1.44. The fourth-order valence-corrected chi connectivity index (χ4v) is 1.24. The Morgan fingerprint density at radius 1 is 1.54 bits per heavy atom. The van der Waals surface area contributed by atoms with E-state index in [-0.39, 0.29) is 0 Å². The van der Waals surface area contributed by atoms with Crippen molar-refractivity contribution in [2.45, 2.75) is 6.54 Å². The molecule has 13 heavy (non-hydrogen) atoms. The van der Waals surface area contributed by atoms with Crippen molar-refractivity contribution >= 4 is 11.6 Å². The molecule has 0 aliphatic heterocycles. The zero-order chi connectivity index (χ0) is 9.84. The number of hydrogen-bond donors (Lipinski definition) is 0. The molecule has 3 nitrogen and oxygen atoms in total. The second-order valence-electron chi connectivity index (χ2n) is 3.01. The Hall–Kier alpha value is -1.11. The van der Waals surface area contributed by atoms with Gasteiger partial charge >= 0.3 is 0 Å². The molecule has 1 heterocycles. The van der Waals surface area contributed by atoms with Crippen molar-refractivity contribution in [2.24, 2.45) is 0 Å². The number of rotatable bonds is 2. The monoisotopic (exact) mass is 195 g/mol. The largest absolute Gasteiger partial charge is 0.304 e. The number of aromatic nitrogens is 1. The lowest BCUT2D eigenvalue weighted by molar-refractivity contribution is 0.397. The van der Waals surface area contributed by atoms with Gasteiger partial charge in [-0.2, -0.15) is 5.26 Å². The summed E-state index contributed by atoms with van der Waals surface area (Å²) in [5.41, 5.74) is 1.18. The molecule has 0 radical (unpaired) electrons. The van der Waals surface area contributed by atoms with Crippen LogP contribution in [0.2, 0.25) is 5.02 Å². The molecule has 0 bridgehead atoms. The highest BCUT2D eigenvalue weighted by Crippen LogP contribution is 2.12. The van der Waals surface area contributed by atoms with Gasteiger partial charge in [-0.15, -0.1) is 0 Å². The van der Waals surface area contributed by atoms with Crippen LogP contribution < -0.4 is 0 Å². The zero-order valence-corrected chi connectivity index (χ0v) is 8.34. The van der Waals surface area contributed by atoms with Crippen LogP contribution in [0.25, 0.3) is 0 Å². The number of hydrogen-bond acceptors (Lipinski definition) is 3. The van der Waals surface area contributed by atoms with E-state index in [1.807, 2.05) is 25.1 Å². The topological polar surface area (TPSA) is 39.9 Å². The van der Waals surface area contributed by atoms with Crippen LogP contribution in [0.15, 0.2) is 12.1 Å². The molecule has 1 aromatic heterocycles. The van der Waals surface area contributed by atoms with Gasteiger partial charge in [0.2, 0.25) is 0 Å². The van der Waals surface area contributed by atoms with Crippen molar-refractivity contribution in [1.82, 2.24) is 9.88 Å². The molecule has 0 unspecified atom stereocenters. The van der Waals surface area contributed by atoms with Gasteiger partial charge in [-0.05, 0) is 26.2 Å². The van der Waals surface area contributed by atoms with Crippen molar-refractivity contribution in [3.63, 3.8) is 0 Å². The Morgan fingerprint density at radius 3 is 2.77 bits per heavy atom. The van der Waals surface area contributed by atoms with Gasteiger partial charge < -0.3 is 4.90 Å². The van der Waals surface area contributed by atoms with E-state index in [1.165, 1.54) is 0 Å². The lowest BCUT2D eigenvalue weighted by Crippen LogP contribution is -2.12. The smallest absolute Gasteiger partial charge is 0.142 e. The van der Waals surface area contributed by atoms with Gasteiger partial charge in [0.1, 0.15) is 11.8 Å². The summed E-state index contributed by atoms with van der Waals surface area (Å²) >= 11 is 5.80. The predicted octanol–water partition coefficient (Wildman–Crippen LogP) is 1.67. The molecule has 0 aliphatic carbocycles. The summed E-state index contributed by atoms with van der Waals surface area (Å²) in [5.74, 6) is 0. The molecule has 0 saturated carbocycles. The lowest BCUT2D eigenvalue weighted by atomic mass is 10.3. The van der Waals surface area contributed by atoms with Crippen LogP contribution in [-0.2, 0) is 6.54 Å². The third kappa shape index (κ3) is 3.02. The van der Waals surface area contributed by atoms with Crippen molar-refractivity contribution in [1.29, 1.82) is 5.26 Å². The first-order valence-electron chi connectivity index (χ1n) is 3.83. The minimum absolute atomic E-state index is 0.365. The summed E-state index contributed by atoms with van der Waals surface area (Å²) in [6.45, 7) is 0.690. The van der Waals surface area contributed by atoms with Gasteiger partial charge in [-0.25, -0.2) is 4.98 Å². The van der Waals surface area contributed by atoms with Crippen molar-refractivity contribution in [3.05, 3.63) is 28.5 Å². The molecule has 4 heteroatoms. The molecule has 0 atom stereocenters. The maximum absolute atomic E-state index is 8.64. The van der Waals surface area contributed by atoms with Gasteiger partial charge in [0, 0.05) is 11.6 Å². The van der Waals surface area contributed by atoms with Crippen LogP contribution in [0.1, 0.15) is 11.4 Å². The van der Waals surface area contributed by atoms with E-state index < -0.39 is 0 Å². The van der Waals surface area contributed by atoms with E-state index >= 15 is 0 Å². The Kier molecular flexibility index (Phi) is 3.24. The number of nitrogens with zero attached hydrogens (tertiary/aromatic N) is 3. The molecule has 0 saturated heterocycles. The maximum atomic E-state index is 8.64. The number of nitriles is 1. The predicted molar refractivity (Wildman–Crippen MR) is 51.4 cm³/mol. The highest BCUT2D eigenvalue weighted by atomic mass is 35.5. The second-order valence-corrected chi connectivity index (χ2v) is 3.45. The lowest BCUT2D eigenvalue weighted by Gasteiger charge is -2.08. The summed E-state index contributed by atoms with van der Waals surface area (Å²) in [7, 11) is 3.88. The molecule has 1 aromatic rings. The Morgan fingerprint density at radius 2 is 2.23 bits per heavy atom. The van der Waals surface area contributed by atoms with Gasteiger partial charge in [0.25, 0.3) is 0 Å². The standard InChI is InChI=1S/C9H10ClN3/c1-13(2)6-9-4-7(10)3-8(5-11)12-9/h3-4H,6H2,1-2H3. The van der Waals surface area contributed by atoms with Crippen molar-refractivity contribution in [2.75, 3.05) is 14.1 Å². The van der Waals surface area contributed by atoms with Crippen LogP contribution in [0.4, 0.5) is 0 Å². The first kappa shape index (κ1) is 9.97. The SMILES string of the molecule is CN(C)Cc1cc(Cl)cc(C#N)n1. The summed E-state index contributed by atoms with van der Waals surface area (Å²) in [4.78, 5) is 6.08. The van der Waals surface area contributed by atoms with Crippen LogP contribution in [-0.4, -0.2) is 24.0 Å². The zero-order valence-electron chi connectivity index (χ0n) is 7.58. The van der Waals surface area contributed by atoms with E-state index in [1.54, 1.807) is 12.1 Å². The van der Waals surface area contributed by atoms with Gasteiger partial charge in [0.05, 0.1) is 5.69 Å². The summed E-state index contributed by atoms with van der Waals surface area (Å²) in [5, 5.41) is 9.19. The van der Waals surface area contributed by atoms with E-state index in [0.717, 1.165) is 5.69 Å². The van der Waals surface area contributed by atoms with Gasteiger partial charge in [-0.1, -0.05) is 11.6 Å². The second kappa shape index (κ2) is 4.22. The molecular formula is C9H10ClN3. The average Bonchev–Trinajstić information content (AvgIpc) is 2.01. The maximum Gasteiger partial charge on any atom is 0.142 e. The first-order valence-corrected chi connectivity index (χ1v) is 4.21. The number of halogens is 1. The molecule has 0 amide bonds. The molecule has 0 spiro atoms. The number of pyridine rings is 1. The first-order chi connectivity index (χ1) is 6.11. The summed E-state index contributed by atoms with van der Waals surface area (Å²) in [6, 6.07) is 5.29. The molecule has 0 fully saturated rings. The quantitative estimate of drug-likeness (QED) is 0.721. The third-order valence-corrected chi connectivity index (χ3v) is 1.65. The van der Waals surface area contributed by atoms with E-state index in [0.29, 0.717) is 17.3 Å². The van der Waals surface area contributed by atoms with Gasteiger partial charge in [-0.3, -0.25) is 0 Å². The summed E-state index contributed by atoms with van der Waals surface area (Å²) < 4.78 is 0. The molecular weight excluding hydrogens is 186 g/mol. The molecule has 0 aromatic carbocycles. The Balaban J connectivity index is 2.96. The summed E-state index contributed by atoms with van der Waals surface area (Å²) in [6.07, 6.45) is 0. The highest BCUT2D eigenvalue weighted by molar-refractivity contribution is 6.30. The van der Waals surface area contributed by atoms with Crippen LogP contribution in [0, 0.1) is 11.3 Å². The van der Waals surface area contributed by atoms with Crippen molar-refractivity contribution in [3.8, 4) is 6.07 Å². The molecule has 0 N–H and O–H groups in total. The fourth-order valence-electron chi connectivity index (χ4n) is 1.01. The van der Waals surface area contributed by atoms with E-state index in [4.69, 9.17) is 16.9 Å². The van der Waals surface area contributed by atoms with E-state index in [9.17, 15) is 0 Å². The Labute approximate surface area is 82.6 Å². The van der Waals surface area contributed by atoms with E-state index in [2.05, 4.69) is 4.98 Å². The highest BCUT2D eigenvalue weighted by Gasteiger charge is 2.01.